The van der Waals surface area contributed by atoms with Gasteiger partial charge < -0.3 is 9.64 Å². The number of rotatable bonds is 2. The summed E-state index contributed by atoms with van der Waals surface area (Å²) < 4.78 is 22.2. The van der Waals surface area contributed by atoms with Gasteiger partial charge in [-0.1, -0.05) is 0 Å². The first kappa shape index (κ1) is 22.0. The first-order valence-electron chi connectivity index (χ1n) is 10.8. The van der Waals surface area contributed by atoms with Gasteiger partial charge in [-0.05, 0) is 57.2 Å². The van der Waals surface area contributed by atoms with Crippen molar-refractivity contribution in [2.24, 2.45) is 7.05 Å². The van der Waals surface area contributed by atoms with E-state index in [2.05, 4.69) is 10.4 Å². The molecule has 2 aliphatic heterocycles. The molecule has 2 saturated heterocycles. The highest BCUT2D eigenvalue weighted by Crippen LogP contribution is 2.35. The van der Waals surface area contributed by atoms with E-state index in [1.165, 1.54) is 11.0 Å². The lowest BCUT2D eigenvalue weighted by atomic mass is 9.88. The summed E-state index contributed by atoms with van der Waals surface area (Å²) in [4.78, 5) is 39.0. The van der Waals surface area contributed by atoms with Crippen molar-refractivity contribution in [2.75, 3.05) is 24.5 Å². The fraction of sp³-hybridized carbons (Fsp3) is 0.545. The second-order valence-electron chi connectivity index (χ2n) is 9.33. The Morgan fingerprint density at radius 3 is 2.50 bits per heavy atom. The van der Waals surface area contributed by atoms with E-state index < -0.39 is 11.6 Å². The molecule has 172 valence electrons. The fourth-order valence-corrected chi connectivity index (χ4v) is 4.25. The van der Waals surface area contributed by atoms with E-state index in [4.69, 9.17) is 4.74 Å². The van der Waals surface area contributed by atoms with Crippen LogP contribution in [0.5, 0.6) is 0 Å². The summed E-state index contributed by atoms with van der Waals surface area (Å²) in [6.07, 6.45) is 1.08. The van der Waals surface area contributed by atoms with E-state index in [-0.39, 0.29) is 36.7 Å². The van der Waals surface area contributed by atoms with Crippen LogP contribution in [0, 0.1) is 5.82 Å². The highest BCUT2D eigenvalue weighted by molar-refractivity contribution is 6.08. The van der Waals surface area contributed by atoms with Crippen LogP contribution in [0.15, 0.2) is 12.1 Å². The van der Waals surface area contributed by atoms with Gasteiger partial charge in [-0.2, -0.15) is 5.10 Å². The minimum atomic E-state index is -0.555. The molecular formula is C22H28FN5O4. The SMILES string of the molecule is Cn1nc(N2CCC(=O)NC2=O)c2cc(F)c(C3CCN(C(=O)OC(C)(C)C)CC3)cc21. The molecule has 1 aromatic heterocycles. The van der Waals surface area contributed by atoms with E-state index in [1.54, 1.807) is 22.7 Å². The van der Waals surface area contributed by atoms with E-state index in [0.717, 1.165) is 0 Å². The summed E-state index contributed by atoms with van der Waals surface area (Å²) in [5.41, 5.74) is 0.728. The number of aryl methyl sites for hydroxylation is 1. The first-order valence-corrected chi connectivity index (χ1v) is 10.8. The van der Waals surface area contributed by atoms with Gasteiger partial charge in [-0.3, -0.25) is 19.7 Å². The van der Waals surface area contributed by atoms with Crippen LogP contribution < -0.4 is 10.2 Å². The number of anilines is 1. The molecule has 32 heavy (non-hydrogen) atoms. The normalized spacial score (nSPS) is 18.3. The van der Waals surface area contributed by atoms with Gasteiger partial charge in [0.1, 0.15) is 11.4 Å². The Balaban J connectivity index is 1.55. The topological polar surface area (TPSA) is 96.8 Å². The van der Waals surface area contributed by atoms with Crippen LogP contribution in [-0.4, -0.2) is 57.9 Å². The average molecular weight is 445 g/mol. The minimum absolute atomic E-state index is 0.0349. The molecule has 1 N–H and O–H groups in total. The quantitative estimate of drug-likeness (QED) is 0.765. The maximum Gasteiger partial charge on any atom is 0.410 e. The highest BCUT2D eigenvalue weighted by Gasteiger charge is 2.31. The molecular weight excluding hydrogens is 417 g/mol. The van der Waals surface area contributed by atoms with Gasteiger partial charge in [0.15, 0.2) is 5.82 Å². The van der Waals surface area contributed by atoms with E-state index in [9.17, 15) is 14.4 Å². The second-order valence-corrected chi connectivity index (χ2v) is 9.33. The number of nitrogens with one attached hydrogen (secondary N) is 1. The number of benzene rings is 1. The number of aromatic nitrogens is 2. The number of hydrogen-bond donors (Lipinski definition) is 1. The van der Waals surface area contributed by atoms with Crippen molar-refractivity contribution >= 4 is 34.8 Å². The lowest BCUT2D eigenvalue weighted by molar-refractivity contribution is -0.120. The predicted molar refractivity (Wildman–Crippen MR) is 116 cm³/mol. The predicted octanol–water partition coefficient (Wildman–Crippen LogP) is 3.27. The summed E-state index contributed by atoms with van der Waals surface area (Å²) in [5, 5.41) is 7.21. The molecule has 2 fully saturated rings. The molecule has 0 bridgehead atoms. The maximum atomic E-state index is 15.2. The van der Waals surface area contributed by atoms with Crippen LogP contribution in [0.1, 0.15) is 51.5 Å². The third-order valence-electron chi connectivity index (χ3n) is 5.85. The van der Waals surface area contributed by atoms with Crippen molar-refractivity contribution in [1.29, 1.82) is 0 Å². The lowest BCUT2D eigenvalue weighted by Gasteiger charge is -2.33. The molecule has 0 unspecified atom stereocenters. The van der Waals surface area contributed by atoms with Crippen molar-refractivity contribution in [1.82, 2.24) is 20.0 Å². The van der Waals surface area contributed by atoms with Crippen LogP contribution in [0.4, 0.5) is 19.8 Å². The van der Waals surface area contributed by atoms with Crippen LogP contribution in [-0.2, 0) is 16.6 Å². The van der Waals surface area contributed by atoms with Gasteiger partial charge in [0, 0.05) is 38.5 Å². The standard InChI is InChI=1S/C22H28FN5O4/c1-22(2,3)32-21(31)27-8-5-13(6-9-27)14-12-17-15(11-16(14)23)19(25-26(17)4)28-10-7-18(29)24-20(28)30/h11-13H,5-10H2,1-4H3,(H,24,29,30). The van der Waals surface area contributed by atoms with Crippen LogP contribution in [0.25, 0.3) is 10.9 Å². The largest absolute Gasteiger partial charge is 0.444 e. The number of ether oxygens (including phenoxy) is 1. The van der Waals surface area contributed by atoms with Gasteiger partial charge >= 0.3 is 12.1 Å². The van der Waals surface area contributed by atoms with Crippen LogP contribution in [0.2, 0.25) is 0 Å². The monoisotopic (exact) mass is 445 g/mol. The Morgan fingerprint density at radius 2 is 1.88 bits per heavy atom. The maximum absolute atomic E-state index is 15.2. The third kappa shape index (κ3) is 4.26. The molecule has 2 aromatic rings. The minimum Gasteiger partial charge on any atom is -0.444 e. The molecule has 0 spiro atoms. The molecule has 0 aliphatic carbocycles. The van der Waals surface area contributed by atoms with Gasteiger partial charge in [0.25, 0.3) is 0 Å². The number of likely N-dealkylation sites (tertiary alicyclic amines) is 1. The zero-order chi connectivity index (χ0) is 23.2. The summed E-state index contributed by atoms with van der Waals surface area (Å²) in [6, 6.07) is 2.64. The highest BCUT2D eigenvalue weighted by atomic mass is 19.1. The molecule has 0 saturated carbocycles. The number of fused-ring (bicyclic) bond motifs is 1. The third-order valence-corrected chi connectivity index (χ3v) is 5.85. The number of carbonyl (C=O) groups excluding carboxylic acids is 3. The molecule has 0 radical (unpaired) electrons. The van der Waals surface area contributed by atoms with Crippen molar-refractivity contribution in [3.8, 4) is 0 Å². The van der Waals surface area contributed by atoms with E-state index in [1.807, 2.05) is 20.8 Å². The number of nitrogens with zero attached hydrogens (tertiary/aromatic N) is 4. The summed E-state index contributed by atoms with van der Waals surface area (Å²) >= 11 is 0. The fourth-order valence-electron chi connectivity index (χ4n) is 4.25. The molecule has 10 heteroatoms. The van der Waals surface area contributed by atoms with Gasteiger partial charge in [0.2, 0.25) is 5.91 Å². The smallest absolute Gasteiger partial charge is 0.410 e. The van der Waals surface area contributed by atoms with Gasteiger partial charge in [-0.25, -0.2) is 14.0 Å². The van der Waals surface area contributed by atoms with E-state index in [0.29, 0.717) is 48.2 Å². The van der Waals surface area contributed by atoms with E-state index >= 15 is 4.39 Å². The summed E-state index contributed by atoms with van der Waals surface area (Å²) in [5.74, 6) is -0.404. The number of amides is 4. The van der Waals surface area contributed by atoms with Crippen LogP contribution >= 0.6 is 0 Å². The molecule has 4 rings (SSSR count). The Kier molecular flexibility index (Phi) is 5.56. The average Bonchev–Trinajstić information content (AvgIpc) is 3.01. The lowest BCUT2D eigenvalue weighted by Crippen LogP contribution is -2.49. The van der Waals surface area contributed by atoms with Crippen LogP contribution in [0.3, 0.4) is 0 Å². The Bertz CT molecular complexity index is 1080. The molecule has 4 amide bonds. The number of hydrogen-bond acceptors (Lipinski definition) is 5. The zero-order valence-electron chi connectivity index (χ0n) is 18.8. The molecule has 0 atom stereocenters. The first-order chi connectivity index (χ1) is 15.0. The Morgan fingerprint density at radius 1 is 1.19 bits per heavy atom. The second kappa shape index (κ2) is 8.07. The molecule has 3 heterocycles. The Hall–Kier alpha value is -3.17. The molecule has 2 aliphatic rings. The van der Waals surface area contributed by atoms with Crippen molar-refractivity contribution in [2.45, 2.75) is 51.6 Å². The number of imide groups is 1. The van der Waals surface area contributed by atoms with Gasteiger partial charge in [-0.15, -0.1) is 0 Å². The number of carbonyl (C=O) groups is 3. The number of urea groups is 1. The molecule has 9 nitrogen and oxygen atoms in total. The number of halogens is 1. The zero-order valence-corrected chi connectivity index (χ0v) is 18.8. The summed E-state index contributed by atoms with van der Waals surface area (Å²) in [7, 11) is 1.74. The van der Waals surface area contributed by atoms with Gasteiger partial charge in [0.05, 0.1) is 5.52 Å². The van der Waals surface area contributed by atoms with Crippen molar-refractivity contribution in [3.05, 3.63) is 23.5 Å². The molecule has 1 aromatic carbocycles. The van der Waals surface area contributed by atoms with Crippen molar-refractivity contribution in [3.63, 3.8) is 0 Å². The summed E-state index contributed by atoms with van der Waals surface area (Å²) in [6.45, 7) is 6.68. The van der Waals surface area contributed by atoms with Crippen molar-refractivity contribution < 1.29 is 23.5 Å². The Labute approximate surface area is 185 Å². The number of piperidine rings is 1.